The largest absolute Gasteiger partial charge is 0.426 e. The van der Waals surface area contributed by atoms with Gasteiger partial charge in [-0.25, -0.2) is 12.7 Å². The van der Waals surface area contributed by atoms with Crippen LogP contribution in [0.25, 0.3) is 0 Å². The van der Waals surface area contributed by atoms with Crippen LogP contribution < -0.4 is 4.74 Å². The lowest BCUT2D eigenvalue weighted by Gasteiger charge is -2.28. The van der Waals surface area contributed by atoms with Gasteiger partial charge in [-0.1, -0.05) is 11.6 Å². The number of rotatable bonds is 5. The van der Waals surface area contributed by atoms with E-state index >= 15 is 0 Å². The van der Waals surface area contributed by atoms with Crippen molar-refractivity contribution in [3.63, 3.8) is 0 Å². The lowest BCUT2D eigenvalue weighted by atomic mass is 9.98. The molecule has 0 aromatic heterocycles. The van der Waals surface area contributed by atoms with Crippen molar-refractivity contribution in [2.24, 2.45) is 5.92 Å². The third-order valence-electron chi connectivity index (χ3n) is 4.70. The van der Waals surface area contributed by atoms with Crippen molar-refractivity contribution in [2.45, 2.75) is 12.8 Å². The Kier molecular flexibility index (Phi) is 6.17. The van der Waals surface area contributed by atoms with Crippen molar-refractivity contribution in [2.75, 3.05) is 19.3 Å². The zero-order valence-electron chi connectivity index (χ0n) is 15.3. The van der Waals surface area contributed by atoms with Crippen LogP contribution in [-0.4, -0.2) is 43.8 Å². The van der Waals surface area contributed by atoms with Crippen LogP contribution in [-0.2, 0) is 14.8 Å². The summed E-state index contributed by atoms with van der Waals surface area (Å²) in [6.07, 6.45) is 2.02. The van der Waals surface area contributed by atoms with Crippen LogP contribution in [0.5, 0.6) is 5.75 Å². The summed E-state index contributed by atoms with van der Waals surface area (Å²) < 4.78 is 29.8. The average Bonchev–Trinajstić information content (AvgIpc) is 2.68. The molecular weight excluding hydrogens is 402 g/mol. The number of hydrogen-bond donors (Lipinski definition) is 0. The second-order valence-corrected chi connectivity index (χ2v) is 9.14. The maximum absolute atomic E-state index is 12.4. The average molecular weight is 422 g/mol. The number of ether oxygens (including phenoxy) is 1. The first-order chi connectivity index (χ1) is 13.2. The van der Waals surface area contributed by atoms with Crippen LogP contribution >= 0.6 is 11.6 Å². The minimum absolute atomic E-state index is 0.150. The van der Waals surface area contributed by atoms with Crippen molar-refractivity contribution in [3.05, 3.63) is 64.7 Å². The highest BCUT2D eigenvalue weighted by Gasteiger charge is 2.30. The highest BCUT2D eigenvalue weighted by atomic mass is 35.5. The molecule has 0 amide bonds. The Morgan fingerprint density at radius 1 is 0.964 bits per heavy atom. The third kappa shape index (κ3) is 4.98. The fourth-order valence-corrected chi connectivity index (χ4v) is 4.07. The van der Waals surface area contributed by atoms with E-state index in [0.717, 1.165) is 0 Å². The molecule has 28 heavy (non-hydrogen) atoms. The van der Waals surface area contributed by atoms with Gasteiger partial charge in [-0.3, -0.25) is 9.59 Å². The van der Waals surface area contributed by atoms with Gasteiger partial charge >= 0.3 is 5.97 Å². The predicted molar refractivity (Wildman–Crippen MR) is 106 cm³/mol. The second-order valence-electron chi connectivity index (χ2n) is 6.72. The highest BCUT2D eigenvalue weighted by molar-refractivity contribution is 7.88. The van der Waals surface area contributed by atoms with Gasteiger partial charge in [0.1, 0.15) is 5.75 Å². The molecule has 0 N–H and O–H groups in total. The van der Waals surface area contributed by atoms with Gasteiger partial charge in [0.15, 0.2) is 5.78 Å². The topological polar surface area (TPSA) is 80.8 Å². The molecule has 0 radical (unpaired) electrons. The molecule has 2 aromatic carbocycles. The summed E-state index contributed by atoms with van der Waals surface area (Å²) in [6, 6.07) is 13.0. The molecule has 3 rings (SSSR count). The van der Waals surface area contributed by atoms with E-state index in [-0.39, 0.29) is 17.7 Å². The van der Waals surface area contributed by atoms with Gasteiger partial charge in [-0.05, 0) is 61.4 Å². The summed E-state index contributed by atoms with van der Waals surface area (Å²) in [6.45, 7) is 0.625. The first kappa shape index (κ1) is 20.5. The number of hydrogen-bond acceptors (Lipinski definition) is 5. The molecule has 0 atom stereocenters. The van der Waals surface area contributed by atoms with Crippen LogP contribution in [0.3, 0.4) is 0 Å². The molecule has 0 saturated carbocycles. The smallest absolute Gasteiger partial charge is 0.314 e. The zero-order chi connectivity index (χ0) is 20.3. The molecule has 6 nitrogen and oxygen atoms in total. The van der Waals surface area contributed by atoms with E-state index in [2.05, 4.69) is 0 Å². The third-order valence-corrected chi connectivity index (χ3v) is 6.25. The van der Waals surface area contributed by atoms with E-state index in [0.29, 0.717) is 47.8 Å². The maximum atomic E-state index is 12.4. The SMILES string of the molecule is CS(=O)(=O)N1CCC(C(=O)Oc2ccc(C(=O)c3ccc(Cl)cc3)cc2)CC1. The molecule has 0 bridgehead atoms. The quantitative estimate of drug-likeness (QED) is 0.421. The summed E-state index contributed by atoms with van der Waals surface area (Å²) in [5, 5.41) is 0.557. The van der Waals surface area contributed by atoms with Crippen molar-refractivity contribution in [3.8, 4) is 5.75 Å². The molecule has 0 spiro atoms. The van der Waals surface area contributed by atoms with E-state index in [9.17, 15) is 18.0 Å². The molecule has 1 aliphatic rings. The molecule has 1 fully saturated rings. The molecule has 8 heteroatoms. The first-order valence-corrected chi connectivity index (χ1v) is 11.0. The number of halogens is 1. The number of carbonyl (C=O) groups excluding carboxylic acids is 2. The molecule has 1 aliphatic heterocycles. The van der Waals surface area contributed by atoms with Crippen molar-refractivity contribution < 1.29 is 22.7 Å². The van der Waals surface area contributed by atoms with E-state index < -0.39 is 10.0 Å². The van der Waals surface area contributed by atoms with Gasteiger partial charge in [0, 0.05) is 29.2 Å². The van der Waals surface area contributed by atoms with Crippen LogP contribution in [0.2, 0.25) is 5.02 Å². The van der Waals surface area contributed by atoms with E-state index in [1.807, 2.05) is 0 Å². The predicted octanol–water partition coefficient (Wildman–Crippen LogP) is 3.15. The highest BCUT2D eigenvalue weighted by Crippen LogP contribution is 2.23. The molecular formula is C20H20ClNO5S. The Morgan fingerprint density at radius 2 is 1.46 bits per heavy atom. The fourth-order valence-electron chi connectivity index (χ4n) is 3.06. The molecule has 0 unspecified atom stereocenters. The van der Waals surface area contributed by atoms with Crippen LogP contribution in [0, 0.1) is 5.92 Å². The van der Waals surface area contributed by atoms with Gasteiger partial charge in [0.25, 0.3) is 0 Å². The van der Waals surface area contributed by atoms with E-state index in [1.165, 1.54) is 10.6 Å². The Bertz CT molecular complexity index is 963. The summed E-state index contributed by atoms with van der Waals surface area (Å²) in [5.74, 6) is -0.524. The van der Waals surface area contributed by atoms with Crippen molar-refractivity contribution >= 4 is 33.4 Å². The number of ketones is 1. The van der Waals surface area contributed by atoms with Crippen molar-refractivity contribution in [1.82, 2.24) is 4.31 Å². The Hall–Kier alpha value is -2.22. The van der Waals surface area contributed by atoms with E-state index in [4.69, 9.17) is 16.3 Å². The van der Waals surface area contributed by atoms with Gasteiger partial charge in [0.05, 0.1) is 12.2 Å². The van der Waals surface area contributed by atoms with Gasteiger partial charge < -0.3 is 4.74 Å². The standard InChI is InChI=1S/C20H20ClNO5S/c1-28(25,26)22-12-10-16(11-13-22)20(24)27-18-8-4-15(5-9-18)19(23)14-2-6-17(21)7-3-14/h2-9,16H,10-13H2,1H3. The summed E-state index contributed by atoms with van der Waals surface area (Å²) in [7, 11) is -3.23. The molecule has 0 aliphatic carbocycles. The zero-order valence-corrected chi connectivity index (χ0v) is 16.9. The summed E-state index contributed by atoms with van der Waals surface area (Å²) in [5.41, 5.74) is 0.996. The van der Waals surface area contributed by atoms with Gasteiger partial charge in [-0.15, -0.1) is 0 Å². The van der Waals surface area contributed by atoms with Gasteiger partial charge in [-0.2, -0.15) is 0 Å². The van der Waals surface area contributed by atoms with E-state index in [1.54, 1.807) is 48.5 Å². The fraction of sp³-hybridized carbons (Fsp3) is 0.300. The molecule has 2 aromatic rings. The first-order valence-electron chi connectivity index (χ1n) is 8.81. The lowest BCUT2D eigenvalue weighted by Crippen LogP contribution is -2.40. The number of nitrogens with zero attached hydrogens (tertiary/aromatic N) is 1. The molecule has 1 heterocycles. The van der Waals surface area contributed by atoms with Crippen LogP contribution in [0.4, 0.5) is 0 Å². The Balaban J connectivity index is 1.59. The van der Waals surface area contributed by atoms with Gasteiger partial charge in [0.2, 0.25) is 10.0 Å². The number of piperidine rings is 1. The number of carbonyl (C=O) groups is 2. The summed E-state index contributed by atoms with van der Waals surface area (Å²) in [4.78, 5) is 24.8. The maximum Gasteiger partial charge on any atom is 0.314 e. The minimum atomic E-state index is -3.23. The number of esters is 1. The van der Waals surface area contributed by atoms with Crippen LogP contribution in [0.15, 0.2) is 48.5 Å². The van der Waals surface area contributed by atoms with Crippen LogP contribution in [0.1, 0.15) is 28.8 Å². The molecule has 148 valence electrons. The monoisotopic (exact) mass is 421 g/mol. The molecule has 1 saturated heterocycles. The number of benzene rings is 2. The Morgan fingerprint density at radius 3 is 1.96 bits per heavy atom. The minimum Gasteiger partial charge on any atom is -0.426 e. The lowest BCUT2D eigenvalue weighted by molar-refractivity contribution is -0.140. The number of sulfonamides is 1. The Labute approximate surface area is 169 Å². The second kappa shape index (κ2) is 8.43. The normalized spacial score (nSPS) is 15.9. The van der Waals surface area contributed by atoms with Crippen molar-refractivity contribution in [1.29, 1.82) is 0 Å². The summed E-state index contributed by atoms with van der Waals surface area (Å²) >= 11 is 5.83.